The van der Waals surface area contributed by atoms with Gasteiger partial charge in [-0.15, -0.1) is 6.58 Å². The molecule has 4 rings (SSSR count). The van der Waals surface area contributed by atoms with Gasteiger partial charge in [-0.2, -0.15) is 0 Å². The highest BCUT2D eigenvalue weighted by Crippen LogP contribution is 2.22. The van der Waals surface area contributed by atoms with Crippen molar-refractivity contribution in [2.45, 2.75) is 20.0 Å². The number of nitrogens with zero attached hydrogens (tertiary/aromatic N) is 4. The van der Waals surface area contributed by atoms with E-state index in [0.717, 1.165) is 50.6 Å². The highest BCUT2D eigenvalue weighted by molar-refractivity contribution is 5.76. The molecule has 2 aromatic carbocycles. The summed E-state index contributed by atoms with van der Waals surface area (Å²) < 4.78 is 2.29. The fraction of sp³-hybridized carbons (Fsp3) is 0.318. The summed E-state index contributed by atoms with van der Waals surface area (Å²) in [5.74, 6) is 1.13. The van der Waals surface area contributed by atoms with E-state index in [1.54, 1.807) is 0 Å². The van der Waals surface area contributed by atoms with Crippen molar-refractivity contribution in [2.24, 2.45) is 0 Å². The third-order valence-corrected chi connectivity index (χ3v) is 5.24. The van der Waals surface area contributed by atoms with Gasteiger partial charge in [-0.25, -0.2) is 4.98 Å². The number of anilines is 1. The number of benzene rings is 2. The lowest BCUT2D eigenvalue weighted by molar-refractivity contribution is 0.241. The highest BCUT2D eigenvalue weighted by Gasteiger charge is 2.20. The minimum atomic E-state index is 0.805. The summed E-state index contributed by atoms with van der Waals surface area (Å²) in [7, 11) is 0. The molecule has 1 saturated heterocycles. The van der Waals surface area contributed by atoms with Gasteiger partial charge in [0.15, 0.2) is 0 Å². The number of allylic oxidation sites excluding steroid dienone is 1. The van der Waals surface area contributed by atoms with Gasteiger partial charge in [-0.1, -0.05) is 36.4 Å². The van der Waals surface area contributed by atoms with E-state index in [0.29, 0.717) is 0 Å². The molecule has 4 heteroatoms. The Hall–Kier alpha value is -2.59. The second-order valence-corrected chi connectivity index (χ2v) is 6.97. The van der Waals surface area contributed by atoms with E-state index in [-0.39, 0.29) is 0 Å². The molecule has 0 amide bonds. The topological polar surface area (TPSA) is 24.3 Å². The molecule has 0 saturated carbocycles. The molecule has 1 aliphatic rings. The maximum absolute atomic E-state index is 4.88. The van der Waals surface area contributed by atoms with Crippen molar-refractivity contribution in [1.29, 1.82) is 0 Å². The second kappa shape index (κ2) is 7.34. The molecule has 0 spiro atoms. The Bertz CT molecular complexity index is 903. The Labute approximate surface area is 155 Å². The Balaban J connectivity index is 1.48. The number of rotatable bonds is 5. The van der Waals surface area contributed by atoms with Crippen molar-refractivity contribution in [3.05, 3.63) is 72.6 Å². The van der Waals surface area contributed by atoms with E-state index in [1.807, 2.05) is 6.08 Å². The molecule has 0 atom stereocenters. The lowest BCUT2D eigenvalue weighted by Gasteiger charge is -2.36. The summed E-state index contributed by atoms with van der Waals surface area (Å²) in [4.78, 5) is 9.88. The molecule has 0 radical (unpaired) electrons. The van der Waals surface area contributed by atoms with Crippen LogP contribution in [0.15, 0.2) is 61.2 Å². The molecule has 1 aliphatic heterocycles. The normalized spacial score (nSPS) is 15.5. The summed E-state index contributed by atoms with van der Waals surface area (Å²) >= 11 is 0. The average molecular weight is 346 g/mol. The fourth-order valence-corrected chi connectivity index (χ4v) is 3.84. The third kappa shape index (κ3) is 3.25. The van der Waals surface area contributed by atoms with E-state index in [9.17, 15) is 0 Å². The quantitative estimate of drug-likeness (QED) is 0.656. The number of para-hydroxylation sites is 3. The van der Waals surface area contributed by atoms with Crippen LogP contribution in [0, 0.1) is 6.92 Å². The number of aryl methyl sites for hydroxylation is 1. The predicted molar refractivity (Wildman–Crippen MR) is 109 cm³/mol. The van der Waals surface area contributed by atoms with Crippen molar-refractivity contribution in [2.75, 3.05) is 31.1 Å². The Kier molecular flexibility index (Phi) is 4.76. The first-order chi connectivity index (χ1) is 12.8. The zero-order valence-corrected chi connectivity index (χ0v) is 15.4. The van der Waals surface area contributed by atoms with Crippen LogP contribution in [0.5, 0.6) is 0 Å². The van der Waals surface area contributed by atoms with Crippen molar-refractivity contribution in [3.63, 3.8) is 0 Å². The second-order valence-electron chi connectivity index (χ2n) is 6.97. The molecule has 26 heavy (non-hydrogen) atoms. The molecule has 1 aromatic heterocycles. The lowest BCUT2D eigenvalue weighted by atomic mass is 10.1. The molecule has 3 aromatic rings. The SMILES string of the molecule is C=CCn1c(CN2CCN(c3ccccc3C)CC2)nc2ccccc21. The summed E-state index contributed by atoms with van der Waals surface area (Å²) in [5.41, 5.74) is 4.99. The van der Waals surface area contributed by atoms with Crippen LogP contribution in [0.4, 0.5) is 5.69 Å². The fourth-order valence-electron chi connectivity index (χ4n) is 3.84. The molecule has 0 bridgehead atoms. The summed E-state index contributed by atoms with van der Waals surface area (Å²) in [6, 6.07) is 17.0. The Morgan fingerprint density at radius 2 is 1.73 bits per heavy atom. The molecule has 134 valence electrons. The molecule has 0 N–H and O–H groups in total. The molecule has 0 aliphatic carbocycles. The zero-order chi connectivity index (χ0) is 17.9. The van der Waals surface area contributed by atoms with Crippen LogP contribution in [0.25, 0.3) is 11.0 Å². The van der Waals surface area contributed by atoms with Gasteiger partial charge in [0.2, 0.25) is 0 Å². The summed E-state index contributed by atoms with van der Waals surface area (Å²) in [5, 5.41) is 0. The maximum atomic E-state index is 4.88. The minimum Gasteiger partial charge on any atom is -0.369 e. The zero-order valence-electron chi connectivity index (χ0n) is 15.4. The van der Waals surface area contributed by atoms with Crippen molar-refractivity contribution in [1.82, 2.24) is 14.5 Å². The minimum absolute atomic E-state index is 0.805. The van der Waals surface area contributed by atoms with Crippen LogP contribution in [0.3, 0.4) is 0 Å². The van der Waals surface area contributed by atoms with E-state index >= 15 is 0 Å². The number of piperazine rings is 1. The average Bonchev–Trinajstić information content (AvgIpc) is 3.01. The van der Waals surface area contributed by atoms with Gasteiger partial charge in [0.1, 0.15) is 5.82 Å². The number of fused-ring (bicyclic) bond motifs is 1. The van der Waals surface area contributed by atoms with Gasteiger partial charge in [0.25, 0.3) is 0 Å². The van der Waals surface area contributed by atoms with Crippen molar-refractivity contribution >= 4 is 16.7 Å². The molecule has 4 nitrogen and oxygen atoms in total. The lowest BCUT2D eigenvalue weighted by Crippen LogP contribution is -2.46. The van der Waals surface area contributed by atoms with Gasteiger partial charge < -0.3 is 9.47 Å². The monoisotopic (exact) mass is 346 g/mol. The summed E-state index contributed by atoms with van der Waals surface area (Å²) in [6.45, 7) is 12.1. The van der Waals surface area contributed by atoms with E-state index in [4.69, 9.17) is 4.98 Å². The van der Waals surface area contributed by atoms with Gasteiger partial charge in [0.05, 0.1) is 17.6 Å². The Morgan fingerprint density at radius 1 is 1.00 bits per heavy atom. The molecule has 0 unspecified atom stereocenters. The van der Waals surface area contributed by atoms with Crippen LogP contribution in [0.2, 0.25) is 0 Å². The number of aromatic nitrogens is 2. The number of imidazole rings is 1. The Morgan fingerprint density at radius 3 is 2.50 bits per heavy atom. The molecular weight excluding hydrogens is 320 g/mol. The first-order valence-corrected chi connectivity index (χ1v) is 9.34. The van der Waals surface area contributed by atoms with E-state index < -0.39 is 0 Å². The largest absolute Gasteiger partial charge is 0.369 e. The van der Waals surface area contributed by atoms with Gasteiger partial charge >= 0.3 is 0 Å². The van der Waals surface area contributed by atoms with Crippen molar-refractivity contribution < 1.29 is 0 Å². The first-order valence-electron chi connectivity index (χ1n) is 9.34. The standard InChI is InChI=1S/C22H26N4/c1-3-12-26-21-11-7-5-9-19(21)23-22(26)17-24-13-15-25(16-14-24)20-10-6-4-8-18(20)2/h3-11H,1,12-17H2,2H3. The molecule has 2 heterocycles. The molecule has 1 fully saturated rings. The van der Waals surface area contributed by atoms with Crippen LogP contribution in [-0.2, 0) is 13.1 Å². The van der Waals surface area contributed by atoms with Gasteiger partial charge in [-0.3, -0.25) is 4.90 Å². The van der Waals surface area contributed by atoms with Crippen LogP contribution >= 0.6 is 0 Å². The summed E-state index contributed by atoms with van der Waals surface area (Å²) in [6.07, 6.45) is 1.95. The smallest absolute Gasteiger partial charge is 0.124 e. The first kappa shape index (κ1) is 16.9. The number of hydrogen-bond donors (Lipinski definition) is 0. The van der Waals surface area contributed by atoms with Crippen LogP contribution in [-0.4, -0.2) is 40.6 Å². The van der Waals surface area contributed by atoms with E-state index in [1.165, 1.54) is 16.8 Å². The third-order valence-electron chi connectivity index (χ3n) is 5.24. The van der Waals surface area contributed by atoms with E-state index in [2.05, 4.69) is 76.4 Å². The van der Waals surface area contributed by atoms with Gasteiger partial charge in [0, 0.05) is 38.4 Å². The van der Waals surface area contributed by atoms with Gasteiger partial charge in [-0.05, 0) is 30.7 Å². The maximum Gasteiger partial charge on any atom is 0.124 e. The predicted octanol–water partition coefficient (Wildman–Crippen LogP) is 3.85. The highest BCUT2D eigenvalue weighted by atomic mass is 15.3. The van der Waals surface area contributed by atoms with Crippen molar-refractivity contribution in [3.8, 4) is 0 Å². The number of hydrogen-bond acceptors (Lipinski definition) is 3. The van der Waals surface area contributed by atoms with Crippen LogP contribution in [0.1, 0.15) is 11.4 Å². The van der Waals surface area contributed by atoms with Crippen LogP contribution < -0.4 is 4.90 Å². The molecular formula is C22H26N4.